The highest BCUT2D eigenvalue weighted by atomic mass is 16.3. The van der Waals surface area contributed by atoms with Gasteiger partial charge in [-0.3, -0.25) is 4.79 Å². The molecule has 0 unspecified atom stereocenters. The van der Waals surface area contributed by atoms with E-state index in [1.54, 1.807) is 6.07 Å². The minimum atomic E-state index is -0.627. The van der Waals surface area contributed by atoms with Crippen LogP contribution in [0.3, 0.4) is 0 Å². The molecule has 2 aliphatic carbocycles. The molecule has 3 heteroatoms. The summed E-state index contributed by atoms with van der Waals surface area (Å²) in [6.07, 6.45) is 4.26. The Kier molecular flexibility index (Phi) is 3.66. The minimum absolute atomic E-state index is 0.0190. The maximum atomic E-state index is 12.8. The fourth-order valence-corrected chi connectivity index (χ4v) is 4.85. The highest BCUT2D eigenvalue weighted by molar-refractivity contribution is 6.02. The Hall–Kier alpha value is -1.64. The van der Waals surface area contributed by atoms with Crippen LogP contribution in [0, 0.1) is 11.3 Å². The third kappa shape index (κ3) is 2.24. The number of benzene rings is 1. The molecule has 1 saturated carbocycles. The first-order chi connectivity index (χ1) is 10.7. The molecule has 0 heterocycles. The largest absolute Gasteiger partial charge is 0.508 e. The Morgan fingerprint density at radius 3 is 2.57 bits per heavy atom. The predicted octanol–water partition coefficient (Wildman–Crippen LogP) is 4.37. The second kappa shape index (κ2) is 5.19. The lowest BCUT2D eigenvalue weighted by Crippen LogP contribution is -2.52. The van der Waals surface area contributed by atoms with E-state index in [2.05, 4.69) is 13.8 Å². The van der Waals surface area contributed by atoms with Crippen LogP contribution in [0.15, 0.2) is 12.1 Å². The zero-order valence-electron chi connectivity index (χ0n) is 14.5. The molecule has 1 aromatic rings. The van der Waals surface area contributed by atoms with Crippen molar-refractivity contribution in [2.45, 2.75) is 64.7 Å². The Morgan fingerprint density at radius 2 is 1.96 bits per heavy atom. The van der Waals surface area contributed by atoms with Gasteiger partial charge < -0.3 is 9.90 Å². The number of aldehydes is 1. The van der Waals surface area contributed by atoms with Gasteiger partial charge in [-0.2, -0.15) is 0 Å². The van der Waals surface area contributed by atoms with Gasteiger partial charge in [0.1, 0.15) is 12.0 Å². The van der Waals surface area contributed by atoms with E-state index in [9.17, 15) is 14.7 Å². The lowest BCUT2D eigenvalue weighted by molar-refractivity contribution is -0.119. The van der Waals surface area contributed by atoms with Crippen molar-refractivity contribution in [3.05, 3.63) is 28.8 Å². The molecular formula is C20H26O3. The molecule has 124 valence electrons. The second-order valence-corrected chi connectivity index (χ2v) is 8.29. The van der Waals surface area contributed by atoms with Gasteiger partial charge in [0.05, 0.1) is 5.41 Å². The Bertz CT molecular complexity index is 672. The fraction of sp³-hybridized carbons (Fsp3) is 0.600. The molecule has 0 aromatic heterocycles. The summed E-state index contributed by atoms with van der Waals surface area (Å²) in [7, 11) is 0. The number of hydrogen-bond acceptors (Lipinski definition) is 3. The molecule has 1 aromatic carbocycles. The van der Waals surface area contributed by atoms with Crippen LogP contribution in [0.5, 0.6) is 5.75 Å². The van der Waals surface area contributed by atoms with Crippen molar-refractivity contribution in [1.29, 1.82) is 0 Å². The summed E-state index contributed by atoms with van der Waals surface area (Å²) in [5.74, 6) is 0.475. The third-order valence-corrected chi connectivity index (χ3v) is 6.17. The van der Waals surface area contributed by atoms with Crippen molar-refractivity contribution in [2.24, 2.45) is 11.3 Å². The van der Waals surface area contributed by atoms with Crippen LogP contribution < -0.4 is 0 Å². The van der Waals surface area contributed by atoms with E-state index in [4.69, 9.17) is 0 Å². The summed E-state index contributed by atoms with van der Waals surface area (Å²) in [6, 6.07) is 3.52. The third-order valence-electron chi connectivity index (χ3n) is 6.17. The van der Waals surface area contributed by atoms with Gasteiger partial charge >= 0.3 is 0 Å². The highest BCUT2D eigenvalue weighted by Gasteiger charge is 2.54. The Labute approximate surface area is 138 Å². The molecule has 1 fully saturated rings. The Morgan fingerprint density at radius 1 is 1.26 bits per heavy atom. The summed E-state index contributed by atoms with van der Waals surface area (Å²) in [4.78, 5) is 25.0. The first kappa shape index (κ1) is 16.2. The van der Waals surface area contributed by atoms with Crippen molar-refractivity contribution >= 4 is 12.1 Å². The van der Waals surface area contributed by atoms with Gasteiger partial charge in [-0.25, -0.2) is 0 Å². The number of phenols is 1. The van der Waals surface area contributed by atoms with Crippen LogP contribution in [-0.4, -0.2) is 17.2 Å². The number of carbonyl (C=O) groups is 2. The van der Waals surface area contributed by atoms with Crippen molar-refractivity contribution in [3.63, 3.8) is 0 Å². The molecule has 0 bridgehead atoms. The summed E-state index contributed by atoms with van der Waals surface area (Å²) in [5.41, 5.74) is 1.51. The van der Waals surface area contributed by atoms with E-state index >= 15 is 0 Å². The van der Waals surface area contributed by atoms with Gasteiger partial charge in [-0.05, 0) is 53.4 Å². The highest BCUT2D eigenvalue weighted by Crippen LogP contribution is 2.57. The molecule has 0 spiro atoms. The van der Waals surface area contributed by atoms with Crippen LogP contribution in [-0.2, 0) is 10.2 Å². The van der Waals surface area contributed by atoms with E-state index in [1.807, 2.05) is 19.9 Å². The van der Waals surface area contributed by atoms with Gasteiger partial charge in [0.15, 0.2) is 5.78 Å². The maximum Gasteiger partial charge on any atom is 0.163 e. The van der Waals surface area contributed by atoms with Crippen LogP contribution in [0.4, 0.5) is 0 Å². The number of phenolic OH excluding ortho intramolecular Hbond substituents is 1. The Balaban J connectivity index is 2.26. The fourth-order valence-electron chi connectivity index (χ4n) is 4.85. The van der Waals surface area contributed by atoms with Gasteiger partial charge in [0.25, 0.3) is 0 Å². The molecule has 2 atom stereocenters. The van der Waals surface area contributed by atoms with Gasteiger partial charge in [0, 0.05) is 12.0 Å². The molecule has 2 aliphatic rings. The molecule has 23 heavy (non-hydrogen) atoms. The number of rotatable bonds is 2. The van der Waals surface area contributed by atoms with Crippen LogP contribution >= 0.6 is 0 Å². The van der Waals surface area contributed by atoms with Crippen molar-refractivity contribution in [2.75, 3.05) is 0 Å². The minimum Gasteiger partial charge on any atom is -0.508 e. The topological polar surface area (TPSA) is 54.4 Å². The molecule has 0 radical (unpaired) electrons. The quantitative estimate of drug-likeness (QED) is 0.825. The summed E-state index contributed by atoms with van der Waals surface area (Å²) in [5, 5.41) is 10.4. The van der Waals surface area contributed by atoms with Crippen molar-refractivity contribution in [1.82, 2.24) is 0 Å². The first-order valence-electron chi connectivity index (χ1n) is 8.60. The number of aromatic hydroxyl groups is 1. The van der Waals surface area contributed by atoms with Crippen LogP contribution in [0.1, 0.15) is 80.8 Å². The number of fused-ring (bicyclic) bond motifs is 3. The summed E-state index contributed by atoms with van der Waals surface area (Å²) in [6.45, 7) is 8.32. The van der Waals surface area contributed by atoms with E-state index in [-0.39, 0.29) is 28.8 Å². The number of Topliss-reactive ketones (excluding diaryl/α,β-unsaturated/α-hetero) is 1. The number of hydrogen-bond donors (Lipinski definition) is 1. The summed E-state index contributed by atoms with van der Waals surface area (Å²) >= 11 is 0. The van der Waals surface area contributed by atoms with E-state index in [1.165, 1.54) is 0 Å². The SMILES string of the molecule is CC(C)c1cc2c(cc1O)[C@@]1(C=O)CCCC(C)(C)[C@@H]1CC2=O. The van der Waals surface area contributed by atoms with E-state index < -0.39 is 5.41 Å². The van der Waals surface area contributed by atoms with Crippen molar-refractivity contribution in [3.8, 4) is 5.75 Å². The zero-order chi connectivity index (χ0) is 17.0. The lowest BCUT2D eigenvalue weighted by atomic mass is 9.50. The normalized spacial score (nSPS) is 29.1. The predicted molar refractivity (Wildman–Crippen MR) is 90.0 cm³/mol. The molecule has 3 nitrogen and oxygen atoms in total. The standard InChI is InChI=1S/C20H26O3/c1-12(2)13-8-14-15(9-16(13)22)20(11-21)7-5-6-19(3,4)18(20)10-17(14)23/h8-9,11-12,18,22H,5-7,10H2,1-4H3/t18-,20-/m0/s1. The molecule has 0 amide bonds. The molecular weight excluding hydrogens is 288 g/mol. The van der Waals surface area contributed by atoms with Crippen LogP contribution in [0.25, 0.3) is 0 Å². The number of ketones is 1. The molecule has 3 rings (SSSR count). The average molecular weight is 314 g/mol. The number of carbonyl (C=O) groups excluding carboxylic acids is 2. The summed E-state index contributed by atoms with van der Waals surface area (Å²) < 4.78 is 0. The lowest BCUT2D eigenvalue weighted by Gasteiger charge is -2.52. The van der Waals surface area contributed by atoms with Crippen molar-refractivity contribution < 1.29 is 14.7 Å². The first-order valence-corrected chi connectivity index (χ1v) is 8.60. The second-order valence-electron chi connectivity index (χ2n) is 8.29. The van der Waals surface area contributed by atoms with E-state index in [0.29, 0.717) is 12.0 Å². The van der Waals surface area contributed by atoms with E-state index in [0.717, 1.165) is 36.7 Å². The average Bonchev–Trinajstić information content (AvgIpc) is 2.47. The maximum absolute atomic E-state index is 12.8. The molecule has 0 saturated heterocycles. The molecule has 1 N–H and O–H groups in total. The molecule has 0 aliphatic heterocycles. The zero-order valence-corrected chi connectivity index (χ0v) is 14.5. The van der Waals surface area contributed by atoms with Gasteiger partial charge in [0.2, 0.25) is 0 Å². The van der Waals surface area contributed by atoms with Gasteiger partial charge in [-0.15, -0.1) is 0 Å². The smallest absolute Gasteiger partial charge is 0.163 e. The van der Waals surface area contributed by atoms with Crippen LogP contribution in [0.2, 0.25) is 0 Å². The monoisotopic (exact) mass is 314 g/mol. The van der Waals surface area contributed by atoms with Gasteiger partial charge in [-0.1, -0.05) is 34.1 Å².